The van der Waals surface area contributed by atoms with Crippen LogP contribution in [0.4, 0.5) is 0 Å². The third kappa shape index (κ3) is 5.82. The molecule has 1 unspecified atom stereocenters. The molecule has 27 heavy (non-hydrogen) atoms. The number of hydrogen-bond acceptors (Lipinski definition) is 5. The second-order valence-electron chi connectivity index (χ2n) is 6.22. The number of likely N-dealkylation sites (N-methyl/N-ethyl adjacent to an activating group) is 1. The second kappa shape index (κ2) is 9.73. The maximum Gasteiger partial charge on any atom is 0.222 e. The molecule has 144 valence electrons. The number of amides is 1. The Labute approximate surface area is 159 Å². The molecule has 2 aromatic rings. The van der Waals surface area contributed by atoms with E-state index in [0.717, 1.165) is 0 Å². The van der Waals surface area contributed by atoms with Crippen LogP contribution in [-0.2, 0) is 4.79 Å². The highest BCUT2D eigenvalue weighted by atomic mass is 16.5. The van der Waals surface area contributed by atoms with Crippen molar-refractivity contribution in [1.29, 1.82) is 0 Å². The molecule has 0 aliphatic rings. The fraction of sp³-hybridized carbons (Fsp3) is 0.333. The smallest absolute Gasteiger partial charge is 0.222 e. The average Bonchev–Trinajstić information content (AvgIpc) is 2.71. The van der Waals surface area contributed by atoms with Gasteiger partial charge in [0.1, 0.15) is 11.5 Å². The fourth-order valence-corrected chi connectivity index (χ4v) is 2.67. The first-order valence-electron chi connectivity index (χ1n) is 8.68. The standard InChI is InChI=1S/C21H25NO5/c1-22(14-20(24)16-7-5-9-18(13-16)27-3)21(25)11-10-19(23)15-6-4-8-17(12-15)26-2/h4-9,12-13,20,24H,10-11,14H2,1-3H3. The van der Waals surface area contributed by atoms with Gasteiger partial charge in [-0.25, -0.2) is 0 Å². The first-order valence-corrected chi connectivity index (χ1v) is 8.68. The van der Waals surface area contributed by atoms with E-state index in [-0.39, 0.29) is 31.1 Å². The average molecular weight is 371 g/mol. The van der Waals surface area contributed by atoms with E-state index in [0.29, 0.717) is 22.6 Å². The first kappa shape index (κ1) is 20.5. The zero-order valence-corrected chi connectivity index (χ0v) is 15.8. The van der Waals surface area contributed by atoms with Gasteiger partial charge < -0.3 is 19.5 Å². The van der Waals surface area contributed by atoms with Gasteiger partial charge in [-0.15, -0.1) is 0 Å². The lowest BCUT2D eigenvalue weighted by Gasteiger charge is -2.21. The van der Waals surface area contributed by atoms with Gasteiger partial charge in [-0.1, -0.05) is 24.3 Å². The highest BCUT2D eigenvalue weighted by Gasteiger charge is 2.17. The number of ether oxygens (including phenoxy) is 2. The molecule has 0 radical (unpaired) electrons. The SMILES string of the molecule is COc1cccc(C(=O)CCC(=O)N(C)CC(O)c2cccc(OC)c2)c1. The summed E-state index contributed by atoms with van der Waals surface area (Å²) in [7, 11) is 4.71. The van der Waals surface area contributed by atoms with Crippen LogP contribution in [0, 0.1) is 0 Å². The minimum Gasteiger partial charge on any atom is -0.497 e. The van der Waals surface area contributed by atoms with Gasteiger partial charge >= 0.3 is 0 Å². The Bertz CT molecular complexity index is 790. The Morgan fingerprint density at radius 3 is 2.30 bits per heavy atom. The number of aliphatic hydroxyl groups excluding tert-OH is 1. The molecule has 1 amide bonds. The van der Waals surface area contributed by atoms with Gasteiger partial charge in [-0.2, -0.15) is 0 Å². The van der Waals surface area contributed by atoms with Crippen LogP contribution in [0.1, 0.15) is 34.9 Å². The summed E-state index contributed by atoms with van der Waals surface area (Å²) >= 11 is 0. The van der Waals surface area contributed by atoms with E-state index in [1.54, 1.807) is 62.7 Å². The molecule has 6 heteroatoms. The Morgan fingerprint density at radius 1 is 1.00 bits per heavy atom. The quantitative estimate of drug-likeness (QED) is 0.686. The molecule has 0 aliphatic carbocycles. The molecule has 0 spiro atoms. The molecule has 2 rings (SSSR count). The molecule has 0 heterocycles. The molecule has 0 saturated carbocycles. The zero-order chi connectivity index (χ0) is 19.8. The van der Waals surface area contributed by atoms with Crippen LogP contribution in [0.3, 0.4) is 0 Å². The molecule has 0 bridgehead atoms. The van der Waals surface area contributed by atoms with Gasteiger partial charge in [0.15, 0.2) is 5.78 Å². The number of benzene rings is 2. The second-order valence-corrected chi connectivity index (χ2v) is 6.22. The molecular weight excluding hydrogens is 346 g/mol. The molecule has 0 aliphatic heterocycles. The third-order valence-electron chi connectivity index (χ3n) is 4.31. The Morgan fingerprint density at radius 2 is 1.63 bits per heavy atom. The topological polar surface area (TPSA) is 76.1 Å². The van der Waals surface area contributed by atoms with Gasteiger partial charge in [0.05, 0.1) is 26.9 Å². The highest BCUT2D eigenvalue weighted by Crippen LogP contribution is 2.20. The molecule has 0 fully saturated rings. The van der Waals surface area contributed by atoms with Gasteiger partial charge in [-0.3, -0.25) is 9.59 Å². The summed E-state index contributed by atoms with van der Waals surface area (Å²) in [6, 6.07) is 13.9. The molecule has 0 aromatic heterocycles. The number of ketones is 1. The van der Waals surface area contributed by atoms with Crippen LogP contribution in [0.15, 0.2) is 48.5 Å². The monoisotopic (exact) mass is 371 g/mol. The summed E-state index contributed by atoms with van der Waals surface area (Å²) in [5.74, 6) is 0.923. The predicted molar refractivity (Wildman–Crippen MR) is 102 cm³/mol. The van der Waals surface area contributed by atoms with Crippen LogP contribution in [-0.4, -0.2) is 49.5 Å². The summed E-state index contributed by atoms with van der Waals surface area (Å²) in [5.41, 5.74) is 1.18. The summed E-state index contributed by atoms with van der Waals surface area (Å²) < 4.78 is 10.2. The molecular formula is C21H25NO5. The summed E-state index contributed by atoms with van der Waals surface area (Å²) in [6.07, 6.45) is -0.647. The maximum absolute atomic E-state index is 12.3. The molecule has 1 atom stereocenters. The maximum atomic E-state index is 12.3. The number of Topliss-reactive ketones (excluding diaryl/α,β-unsaturated/α-hetero) is 1. The highest BCUT2D eigenvalue weighted by molar-refractivity contribution is 5.98. The van der Waals surface area contributed by atoms with Gasteiger partial charge in [-0.05, 0) is 29.8 Å². The van der Waals surface area contributed by atoms with Crippen molar-refractivity contribution in [2.45, 2.75) is 18.9 Å². The lowest BCUT2D eigenvalue weighted by Crippen LogP contribution is -2.31. The zero-order valence-electron chi connectivity index (χ0n) is 15.8. The van der Waals surface area contributed by atoms with Crippen molar-refractivity contribution < 1.29 is 24.2 Å². The number of hydrogen-bond donors (Lipinski definition) is 1. The lowest BCUT2D eigenvalue weighted by molar-refractivity contribution is -0.131. The summed E-state index contributed by atoms with van der Waals surface area (Å²) in [5, 5.41) is 10.3. The van der Waals surface area contributed by atoms with Gasteiger partial charge in [0, 0.05) is 25.5 Å². The van der Waals surface area contributed by atoms with E-state index in [2.05, 4.69) is 0 Å². The van der Waals surface area contributed by atoms with Crippen molar-refractivity contribution in [1.82, 2.24) is 4.90 Å². The van der Waals surface area contributed by atoms with Crippen molar-refractivity contribution in [3.63, 3.8) is 0 Å². The molecule has 2 aromatic carbocycles. The van der Waals surface area contributed by atoms with Crippen LogP contribution in [0.2, 0.25) is 0 Å². The number of carbonyl (C=O) groups excluding carboxylic acids is 2. The number of rotatable bonds is 9. The van der Waals surface area contributed by atoms with Gasteiger partial charge in [0.2, 0.25) is 5.91 Å². The fourth-order valence-electron chi connectivity index (χ4n) is 2.67. The molecule has 1 N–H and O–H groups in total. The van der Waals surface area contributed by atoms with Crippen LogP contribution >= 0.6 is 0 Å². The number of nitrogens with zero attached hydrogens (tertiary/aromatic N) is 1. The first-order chi connectivity index (χ1) is 12.9. The van der Waals surface area contributed by atoms with E-state index in [1.807, 2.05) is 0 Å². The Balaban J connectivity index is 1.88. The van der Waals surface area contributed by atoms with Crippen molar-refractivity contribution in [3.05, 3.63) is 59.7 Å². The third-order valence-corrected chi connectivity index (χ3v) is 4.31. The Hall–Kier alpha value is -2.86. The van der Waals surface area contributed by atoms with Crippen molar-refractivity contribution in [2.75, 3.05) is 27.8 Å². The number of methoxy groups -OCH3 is 2. The van der Waals surface area contributed by atoms with E-state index in [4.69, 9.17) is 9.47 Å². The van der Waals surface area contributed by atoms with Crippen LogP contribution in [0.25, 0.3) is 0 Å². The minimum atomic E-state index is -0.830. The Kier molecular flexibility index (Phi) is 7.37. The minimum absolute atomic E-state index is 0.0807. The van der Waals surface area contributed by atoms with E-state index >= 15 is 0 Å². The van der Waals surface area contributed by atoms with Crippen molar-refractivity contribution >= 4 is 11.7 Å². The van der Waals surface area contributed by atoms with E-state index < -0.39 is 6.10 Å². The molecule has 0 saturated heterocycles. The predicted octanol–water partition coefficient (Wildman–Crippen LogP) is 2.86. The van der Waals surface area contributed by atoms with Crippen LogP contribution in [0.5, 0.6) is 11.5 Å². The summed E-state index contributed by atoms with van der Waals surface area (Å²) in [4.78, 5) is 26.0. The largest absolute Gasteiger partial charge is 0.497 e. The number of carbonyl (C=O) groups is 2. The van der Waals surface area contributed by atoms with Crippen molar-refractivity contribution in [3.8, 4) is 11.5 Å². The normalized spacial score (nSPS) is 11.6. The summed E-state index contributed by atoms with van der Waals surface area (Å²) in [6.45, 7) is 0.138. The van der Waals surface area contributed by atoms with E-state index in [1.165, 1.54) is 12.0 Å². The lowest BCUT2D eigenvalue weighted by atomic mass is 10.1. The number of aliphatic hydroxyl groups is 1. The van der Waals surface area contributed by atoms with Gasteiger partial charge in [0.25, 0.3) is 0 Å². The van der Waals surface area contributed by atoms with Crippen molar-refractivity contribution in [2.24, 2.45) is 0 Å². The van der Waals surface area contributed by atoms with E-state index in [9.17, 15) is 14.7 Å². The molecule has 6 nitrogen and oxygen atoms in total. The van der Waals surface area contributed by atoms with Crippen LogP contribution < -0.4 is 9.47 Å².